The van der Waals surface area contributed by atoms with E-state index in [0.29, 0.717) is 30.8 Å². The molecule has 0 aliphatic heterocycles. The Balaban J connectivity index is 1.86. The molecular weight excluding hydrogens is 577 g/mol. The molecule has 6 atom stereocenters. The number of hydrogen-bond donors (Lipinski definition) is 2. The summed E-state index contributed by atoms with van der Waals surface area (Å²) in [7, 11) is -4.30. The molecule has 3 aliphatic rings. The van der Waals surface area contributed by atoms with Gasteiger partial charge in [0.15, 0.2) is 16.6 Å². The Morgan fingerprint density at radius 2 is 1.68 bits per heavy atom. The van der Waals surface area contributed by atoms with E-state index in [0.717, 1.165) is 19.3 Å². The highest BCUT2D eigenvalue weighted by Crippen LogP contribution is 2.59. The molecule has 0 amide bonds. The van der Waals surface area contributed by atoms with Crippen molar-refractivity contribution in [2.24, 2.45) is 23.2 Å². The molecule has 254 valence electrons. The second-order valence-corrected chi connectivity index (χ2v) is 27.7. The summed E-state index contributed by atoms with van der Waals surface area (Å²) in [5.74, 6) is 1.63. The van der Waals surface area contributed by atoms with Crippen molar-refractivity contribution >= 4 is 16.6 Å². The maximum absolute atomic E-state index is 11.1. The Bertz CT molecular complexity index is 1070. The minimum absolute atomic E-state index is 0.0490. The zero-order valence-electron chi connectivity index (χ0n) is 31.0. The molecule has 1 unspecified atom stereocenters. The second kappa shape index (κ2) is 13.5. The highest BCUT2D eigenvalue weighted by Gasteiger charge is 2.51. The standard InChI is InChI=1S/C38H70O4Si2/c1-27-31(24-29(26-37(8,9)43(11,12)40)25-34(27)42-44(13,14)35(3,4)5)18-17-30-16-15-21-38(10)32(19-20-33(30)38)28(2)41-23-22-36(6,7)39/h17-18,28-29,32-34,39-40H,1,15-16,19-26H2,2-14H3/b30-17+,31-18+/t28-,29+,32+,33?,34-,38+/m0/s1. The molecule has 0 radical (unpaired) electrons. The van der Waals surface area contributed by atoms with Gasteiger partial charge in [0.1, 0.15) is 0 Å². The summed E-state index contributed by atoms with van der Waals surface area (Å²) in [6, 6.07) is 0. The summed E-state index contributed by atoms with van der Waals surface area (Å²) in [6.45, 7) is 34.2. The molecule has 0 saturated heterocycles. The highest BCUT2D eigenvalue weighted by atomic mass is 28.4. The molecule has 0 aromatic carbocycles. The van der Waals surface area contributed by atoms with E-state index in [2.05, 4.69) is 93.4 Å². The first-order chi connectivity index (χ1) is 19.9. The predicted molar refractivity (Wildman–Crippen MR) is 193 cm³/mol. The number of aliphatic hydroxyl groups is 1. The van der Waals surface area contributed by atoms with Crippen LogP contribution in [-0.2, 0) is 9.16 Å². The van der Waals surface area contributed by atoms with Crippen LogP contribution in [0.4, 0.5) is 0 Å². The molecule has 3 saturated carbocycles. The van der Waals surface area contributed by atoms with Gasteiger partial charge in [-0.15, -0.1) is 0 Å². The molecule has 0 aromatic rings. The summed E-state index contributed by atoms with van der Waals surface area (Å²) < 4.78 is 13.4. The van der Waals surface area contributed by atoms with Gasteiger partial charge in [0.2, 0.25) is 0 Å². The lowest BCUT2D eigenvalue weighted by atomic mass is 9.62. The lowest BCUT2D eigenvalue weighted by molar-refractivity contribution is -0.0454. The summed E-state index contributed by atoms with van der Waals surface area (Å²) in [5.41, 5.74) is 3.73. The van der Waals surface area contributed by atoms with Gasteiger partial charge in [-0.2, -0.15) is 0 Å². The van der Waals surface area contributed by atoms with Crippen LogP contribution in [0.15, 0.2) is 35.5 Å². The fraction of sp³-hybridized carbons (Fsp3) is 0.842. The largest absolute Gasteiger partial charge is 0.432 e. The third-order valence-electron chi connectivity index (χ3n) is 12.8. The number of fused-ring (bicyclic) bond motifs is 1. The zero-order valence-corrected chi connectivity index (χ0v) is 33.0. The summed E-state index contributed by atoms with van der Waals surface area (Å²) in [6.07, 6.45) is 15.0. The van der Waals surface area contributed by atoms with Crippen molar-refractivity contribution in [2.45, 2.75) is 174 Å². The SMILES string of the molecule is C=C1/C(=C/C=C2\CCC[C@@]3(C)C2CC[C@@H]3[C@H](C)OCCC(C)(C)O)C[C@@H](CC(C)(C)[Si](C)(C)O)C[C@@H]1O[Si](C)(C)C(C)(C)C. The van der Waals surface area contributed by atoms with Crippen molar-refractivity contribution < 1.29 is 19.1 Å². The predicted octanol–water partition coefficient (Wildman–Crippen LogP) is 10.3. The molecule has 3 rings (SSSR count). The van der Waals surface area contributed by atoms with Crippen molar-refractivity contribution in [3.63, 3.8) is 0 Å². The molecule has 6 heteroatoms. The molecule has 2 N–H and O–H groups in total. The van der Waals surface area contributed by atoms with Crippen LogP contribution in [0.3, 0.4) is 0 Å². The van der Waals surface area contributed by atoms with Crippen LogP contribution in [0.5, 0.6) is 0 Å². The Morgan fingerprint density at radius 1 is 1.05 bits per heavy atom. The third-order valence-corrected chi connectivity index (χ3v) is 20.8. The molecule has 3 aliphatic carbocycles. The van der Waals surface area contributed by atoms with E-state index >= 15 is 0 Å². The third kappa shape index (κ3) is 8.89. The maximum Gasteiger partial charge on any atom is 0.192 e. The minimum Gasteiger partial charge on any atom is -0.432 e. The van der Waals surface area contributed by atoms with Gasteiger partial charge in [0, 0.05) is 6.61 Å². The van der Waals surface area contributed by atoms with Crippen LogP contribution < -0.4 is 0 Å². The van der Waals surface area contributed by atoms with Gasteiger partial charge < -0.3 is 19.1 Å². The quantitative estimate of drug-likeness (QED) is 0.219. The van der Waals surface area contributed by atoms with E-state index in [1.807, 2.05) is 13.8 Å². The van der Waals surface area contributed by atoms with E-state index in [4.69, 9.17) is 9.16 Å². The highest BCUT2D eigenvalue weighted by molar-refractivity contribution is 6.74. The van der Waals surface area contributed by atoms with Crippen molar-refractivity contribution in [2.75, 3.05) is 6.61 Å². The monoisotopic (exact) mass is 646 g/mol. The first kappa shape index (κ1) is 37.9. The lowest BCUT2D eigenvalue weighted by Crippen LogP contribution is -2.46. The molecule has 0 aromatic heterocycles. The zero-order chi connectivity index (χ0) is 33.5. The van der Waals surface area contributed by atoms with Crippen molar-refractivity contribution in [1.29, 1.82) is 0 Å². The number of allylic oxidation sites excluding steroid dienone is 3. The molecule has 3 fully saturated rings. The minimum atomic E-state index is -2.32. The van der Waals surface area contributed by atoms with Gasteiger partial charge in [-0.25, -0.2) is 0 Å². The van der Waals surface area contributed by atoms with E-state index in [-0.39, 0.29) is 27.7 Å². The van der Waals surface area contributed by atoms with Gasteiger partial charge in [0.25, 0.3) is 0 Å². The van der Waals surface area contributed by atoms with E-state index in [1.165, 1.54) is 43.3 Å². The Morgan fingerprint density at radius 3 is 2.25 bits per heavy atom. The number of rotatable bonds is 11. The van der Waals surface area contributed by atoms with Crippen molar-refractivity contribution in [3.05, 3.63) is 35.5 Å². The average Bonchev–Trinajstić information content (AvgIpc) is 3.20. The molecule has 0 spiro atoms. The first-order valence-corrected chi connectivity index (χ1v) is 23.6. The molecule has 0 heterocycles. The second-order valence-electron chi connectivity index (χ2n) is 18.5. The summed E-state index contributed by atoms with van der Waals surface area (Å²) in [5, 5.41) is 10.2. The van der Waals surface area contributed by atoms with Gasteiger partial charge >= 0.3 is 0 Å². The topological polar surface area (TPSA) is 58.9 Å². The van der Waals surface area contributed by atoms with Gasteiger partial charge in [-0.3, -0.25) is 0 Å². The first-order valence-electron chi connectivity index (χ1n) is 17.7. The van der Waals surface area contributed by atoms with Crippen LogP contribution >= 0.6 is 0 Å². The van der Waals surface area contributed by atoms with Gasteiger partial charge in [-0.1, -0.05) is 65.8 Å². The van der Waals surface area contributed by atoms with Crippen LogP contribution in [0.1, 0.15) is 120 Å². The molecule has 44 heavy (non-hydrogen) atoms. The van der Waals surface area contributed by atoms with Crippen LogP contribution in [0, 0.1) is 23.2 Å². The molecule has 0 bridgehead atoms. The summed E-state index contributed by atoms with van der Waals surface area (Å²) in [4.78, 5) is 11.1. The van der Waals surface area contributed by atoms with E-state index in [1.54, 1.807) is 5.57 Å². The fourth-order valence-corrected chi connectivity index (χ4v) is 10.1. The smallest absolute Gasteiger partial charge is 0.192 e. The fourth-order valence-electron chi connectivity index (χ4n) is 8.00. The Labute approximate surface area is 274 Å². The molecular formula is C38H70O4Si2. The number of ether oxygens (including phenoxy) is 1. The summed E-state index contributed by atoms with van der Waals surface area (Å²) >= 11 is 0. The van der Waals surface area contributed by atoms with Crippen molar-refractivity contribution in [3.8, 4) is 0 Å². The van der Waals surface area contributed by atoms with E-state index in [9.17, 15) is 9.90 Å². The Hall–Kier alpha value is -0.506. The van der Waals surface area contributed by atoms with Gasteiger partial charge in [0.05, 0.1) is 17.8 Å². The lowest BCUT2D eigenvalue weighted by Gasteiger charge is -2.45. The average molecular weight is 647 g/mol. The Kier molecular flexibility index (Phi) is 11.7. The van der Waals surface area contributed by atoms with E-state index < -0.39 is 22.2 Å². The maximum atomic E-state index is 11.1. The van der Waals surface area contributed by atoms with Crippen LogP contribution in [0.25, 0.3) is 0 Å². The van der Waals surface area contributed by atoms with Crippen LogP contribution in [0.2, 0.25) is 36.3 Å². The number of hydrogen-bond acceptors (Lipinski definition) is 4. The van der Waals surface area contributed by atoms with Crippen molar-refractivity contribution in [1.82, 2.24) is 0 Å². The van der Waals surface area contributed by atoms with Crippen LogP contribution in [-0.4, -0.2) is 51.0 Å². The normalized spacial score (nSPS) is 31.9. The van der Waals surface area contributed by atoms with Gasteiger partial charge in [-0.05, 0) is 149 Å². The molecule has 4 nitrogen and oxygen atoms in total.